The van der Waals surface area contributed by atoms with Crippen molar-refractivity contribution in [1.29, 1.82) is 0 Å². The maximum absolute atomic E-state index is 6.33. The Kier molecular flexibility index (Phi) is 6.11. The van der Waals surface area contributed by atoms with Crippen LogP contribution < -0.4 is 0 Å². The second-order valence-electron chi connectivity index (χ2n) is 12.3. The zero-order valence-electron chi connectivity index (χ0n) is 26.2. The van der Waals surface area contributed by atoms with Crippen molar-refractivity contribution in [3.63, 3.8) is 0 Å². The number of rotatable bonds is 4. The molecule has 10 aromatic rings. The van der Waals surface area contributed by atoms with E-state index in [1.54, 1.807) is 0 Å². The zero-order chi connectivity index (χ0) is 32.3. The van der Waals surface area contributed by atoms with Gasteiger partial charge in [0.1, 0.15) is 5.58 Å². The number of pyridine rings is 1. The number of hydrogen-bond acceptors (Lipinski definition) is 5. The van der Waals surface area contributed by atoms with E-state index in [0.717, 1.165) is 65.7 Å². The first-order valence-electron chi connectivity index (χ1n) is 16.3. The highest BCUT2D eigenvalue weighted by Crippen LogP contribution is 2.41. The molecule has 7 aromatic carbocycles. The molecule has 0 atom stereocenters. The molecule has 0 radical (unpaired) electrons. The molecule has 0 fully saturated rings. The molecule has 0 spiro atoms. The third-order valence-corrected chi connectivity index (χ3v) is 9.37. The Labute approximate surface area is 281 Å². The van der Waals surface area contributed by atoms with E-state index in [2.05, 4.69) is 120 Å². The second-order valence-corrected chi connectivity index (χ2v) is 12.3. The van der Waals surface area contributed by atoms with Crippen LogP contribution in [0.25, 0.3) is 99.7 Å². The van der Waals surface area contributed by atoms with Crippen LogP contribution in [-0.2, 0) is 0 Å². The van der Waals surface area contributed by atoms with Crippen LogP contribution in [0.4, 0.5) is 0 Å². The molecular weight excluding hydrogens is 601 g/mol. The molecule has 0 saturated carbocycles. The van der Waals surface area contributed by atoms with Gasteiger partial charge in [-0.05, 0) is 67.7 Å². The molecule has 3 heterocycles. The number of furan rings is 1. The molecule has 5 heteroatoms. The average Bonchev–Trinajstić information content (AvgIpc) is 3.54. The Balaban J connectivity index is 1.19. The summed E-state index contributed by atoms with van der Waals surface area (Å²) in [5.74, 6) is 1.89. The molecule has 5 nitrogen and oxygen atoms in total. The minimum atomic E-state index is 0.625. The molecule has 3 aromatic heterocycles. The normalized spacial score (nSPS) is 11.7. The maximum Gasteiger partial charge on any atom is 0.227 e. The van der Waals surface area contributed by atoms with E-state index < -0.39 is 0 Å². The lowest BCUT2D eigenvalue weighted by atomic mass is 9.93. The smallest absolute Gasteiger partial charge is 0.227 e. The fourth-order valence-electron chi connectivity index (χ4n) is 7.02. The second kappa shape index (κ2) is 10.9. The van der Waals surface area contributed by atoms with Crippen LogP contribution >= 0.6 is 0 Å². The molecule has 0 aliphatic rings. The molecule has 0 bridgehead atoms. The van der Waals surface area contributed by atoms with E-state index in [4.69, 9.17) is 19.4 Å². The van der Waals surface area contributed by atoms with Crippen LogP contribution in [0.15, 0.2) is 162 Å². The molecule has 0 amide bonds. The van der Waals surface area contributed by atoms with Crippen LogP contribution in [0.5, 0.6) is 0 Å². The van der Waals surface area contributed by atoms with Gasteiger partial charge in [-0.3, -0.25) is 0 Å². The monoisotopic (exact) mass is 626 g/mol. The summed E-state index contributed by atoms with van der Waals surface area (Å²) in [5.41, 5.74) is 6.44. The van der Waals surface area contributed by atoms with Gasteiger partial charge in [-0.2, -0.15) is 0 Å². The van der Waals surface area contributed by atoms with Gasteiger partial charge < -0.3 is 4.42 Å². The predicted molar refractivity (Wildman–Crippen MR) is 199 cm³/mol. The minimum absolute atomic E-state index is 0.625. The van der Waals surface area contributed by atoms with E-state index in [1.165, 1.54) is 10.8 Å². The van der Waals surface area contributed by atoms with Gasteiger partial charge in [0.05, 0.1) is 5.39 Å². The molecule has 228 valence electrons. The summed E-state index contributed by atoms with van der Waals surface area (Å²) in [7, 11) is 0. The summed E-state index contributed by atoms with van der Waals surface area (Å²) in [4.78, 5) is 19.8. The fraction of sp³-hybridized carbons (Fsp3) is 0. The van der Waals surface area contributed by atoms with Gasteiger partial charge >= 0.3 is 0 Å². The Bertz CT molecular complexity index is 2890. The highest BCUT2D eigenvalue weighted by molar-refractivity contribution is 6.17. The zero-order valence-corrected chi connectivity index (χ0v) is 26.2. The summed E-state index contributed by atoms with van der Waals surface area (Å²) < 4.78 is 6.33. The molecule has 0 aliphatic carbocycles. The summed E-state index contributed by atoms with van der Waals surface area (Å²) >= 11 is 0. The van der Waals surface area contributed by atoms with Crippen molar-refractivity contribution in [1.82, 2.24) is 19.9 Å². The van der Waals surface area contributed by atoms with Crippen molar-refractivity contribution in [3.8, 4) is 45.3 Å². The maximum atomic E-state index is 6.33. The highest BCUT2D eigenvalue weighted by Gasteiger charge is 2.19. The Hall–Kier alpha value is -6.72. The topological polar surface area (TPSA) is 64.7 Å². The van der Waals surface area contributed by atoms with Crippen LogP contribution in [-0.4, -0.2) is 19.9 Å². The Morgan fingerprint density at radius 3 is 1.82 bits per heavy atom. The number of aromatic nitrogens is 4. The van der Waals surface area contributed by atoms with Crippen LogP contribution in [0, 0.1) is 0 Å². The summed E-state index contributed by atoms with van der Waals surface area (Å²) in [6, 6.07) is 52.4. The summed E-state index contributed by atoms with van der Waals surface area (Å²) in [5, 5.41) is 8.83. The molecular formula is C44H26N4O. The van der Waals surface area contributed by atoms with Crippen LogP contribution in [0.3, 0.4) is 0 Å². The standard InChI is InChI=1S/C44H26N4O/c1-2-11-28(12-3-1)41-46-42(32-21-20-27-10-4-5-13-29(27)24-32)48-43(47-41)37-19-9-16-33-34(17-8-18-35(33)37)36-22-23-45-44-40(36)38-25-30-14-6-7-15-31(30)26-39(38)49-44/h1-26H. The van der Waals surface area contributed by atoms with Crippen molar-refractivity contribution in [2.45, 2.75) is 0 Å². The summed E-state index contributed by atoms with van der Waals surface area (Å²) in [6.45, 7) is 0. The van der Waals surface area contributed by atoms with Gasteiger partial charge in [-0.25, -0.2) is 19.9 Å². The fourth-order valence-corrected chi connectivity index (χ4v) is 7.02. The Morgan fingerprint density at radius 1 is 0.388 bits per heavy atom. The molecule has 0 aliphatic heterocycles. The van der Waals surface area contributed by atoms with Crippen molar-refractivity contribution >= 4 is 54.4 Å². The van der Waals surface area contributed by atoms with Gasteiger partial charge in [-0.1, -0.05) is 127 Å². The van der Waals surface area contributed by atoms with Crippen molar-refractivity contribution < 1.29 is 4.42 Å². The van der Waals surface area contributed by atoms with E-state index in [1.807, 2.05) is 42.6 Å². The third kappa shape index (κ3) is 4.55. The molecule has 0 unspecified atom stereocenters. The SMILES string of the molecule is c1ccc(-c2nc(-c3ccc4ccccc4c3)nc(-c3cccc4c(-c5ccnc6oc7cc8ccccc8cc7c56)cccc34)n2)cc1. The molecule has 0 saturated heterocycles. The van der Waals surface area contributed by atoms with Crippen LogP contribution in [0.2, 0.25) is 0 Å². The van der Waals surface area contributed by atoms with Crippen molar-refractivity contribution in [2.24, 2.45) is 0 Å². The first-order valence-corrected chi connectivity index (χ1v) is 16.3. The largest absolute Gasteiger partial charge is 0.438 e. The quantitative estimate of drug-likeness (QED) is 0.194. The molecule has 0 N–H and O–H groups in total. The molecule has 10 rings (SSSR count). The van der Waals surface area contributed by atoms with Gasteiger partial charge in [0.25, 0.3) is 0 Å². The van der Waals surface area contributed by atoms with E-state index in [9.17, 15) is 0 Å². The number of benzene rings is 7. The predicted octanol–water partition coefficient (Wildman–Crippen LogP) is 11.3. The number of nitrogens with zero attached hydrogens (tertiary/aromatic N) is 4. The third-order valence-electron chi connectivity index (χ3n) is 9.37. The van der Waals surface area contributed by atoms with E-state index >= 15 is 0 Å². The van der Waals surface area contributed by atoms with Crippen molar-refractivity contribution in [3.05, 3.63) is 158 Å². The molecule has 49 heavy (non-hydrogen) atoms. The summed E-state index contributed by atoms with van der Waals surface area (Å²) in [6.07, 6.45) is 1.83. The van der Waals surface area contributed by atoms with E-state index in [-0.39, 0.29) is 0 Å². The minimum Gasteiger partial charge on any atom is -0.438 e. The average molecular weight is 627 g/mol. The van der Waals surface area contributed by atoms with E-state index in [0.29, 0.717) is 23.2 Å². The van der Waals surface area contributed by atoms with Crippen molar-refractivity contribution in [2.75, 3.05) is 0 Å². The first-order chi connectivity index (χ1) is 24.3. The van der Waals surface area contributed by atoms with Gasteiger partial charge in [0, 0.05) is 28.3 Å². The lowest BCUT2D eigenvalue weighted by molar-refractivity contribution is 0.654. The number of fused-ring (bicyclic) bond motifs is 6. The Morgan fingerprint density at radius 2 is 1.02 bits per heavy atom. The lowest BCUT2D eigenvalue weighted by Gasteiger charge is -2.13. The number of hydrogen-bond donors (Lipinski definition) is 0. The van der Waals surface area contributed by atoms with Crippen LogP contribution in [0.1, 0.15) is 0 Å². The van der Waals surface area contributed by atoms with Gasteiger partial charge in [0.15, 0.2) is 17.5 Å². The van der Waals surface area contributed by atoms with Gasteiger partial charge in [0.2, 0.25) is 5.71 Å². The van der Waals surface area contributed by atoms with Gasteiger partial charge in [-0.15, -0.1) is 0 Å². The highest BCUT2D eigenvalue weighted by atomic mass is 16.3. The lowest BCUT2D eigenvalue weighted by Crippen LogP contribution is -2.00. The first kappa shape index (κ1) is 27.4.